The number of pyridine rings is 1. The minimum Gasteiger partial charge on any atom is -0.457 e. The molecule has 0 bridgehead atoms. The van der Waals surface area contributed by atoms with Gasteiger partial charge in [0.1, 0.15) is 11.5 Å². The summed E-state index contributed by atoms with van der Waals surface area (Å²) in [5.41, 5.74) is 5.71. The van der Waals surface area contributed by atoms with Crippen molar-refractivity contribution in [3.8, 4) is 11.5 Å². The summed E-state index contributed by atoms with van der Waals surface area (Å²) in [6.07, 6.45) is 3.23. The maximum absolute atomic E-state index is 12.2. The van der Waals surface area contributed by atoms with Gasteiger partial charge >= 0.3 is 0 Å². The number of hydrazine groups is 1. The van der Waals surface area contributed by atoms with E-state index in [0.717, 1.165) is 0 Å². The third kappa shape index (κ3) is 4.79. The summed E-state index contributed by atoms with van der Waals surface area (Å²) in [5, 5.41) is 0. The van der Waals surface area contributed by atoms with E-state index < -0.39 is 11.8 Å². The molecule has 0 aliphatic carbocycles. The fourth-order valence-electron chi connectivity index (χ4n) is 2.35. The van der Waals surface area contributed by atoms with Crippen molar-refractivity contribution in [2.75, 3.05) is 0 Å². The van der Waals surface area contributed by atoms with Crippen LogP contribution in [-0.2, 0) is 0 Å². The molecule has 0 atom stereocenters. The van der Waals surface area contributed by atoms with Crippen LogP contribution >= 0.6 is 0 Å². The van der Waals surface area contributed by atoms with Gasteiger partial charge in [-0.25, -0.2) is 0 Å². The Bertz CT molecular complexity index is 1000. The standard InChI is InChI=1S/C21H17N3O4/c1-14(25)16-3-2-4-17(13-16)21(27)24-23-20(26)15-5-7-18(8-6-15)28-19-9-11-22-12-10-19/h2-13H,1H3,(H,23,26)(H,24,27). The largest absolute Gasteiger partial charge is 0.457 e. The van der Waals surface area contributed by atoms with Gasteiger partial charge in [-0.15, -0.1) is 0 Å². The molecule has 140 valence electrons. The van der Waals surface area contributed by atoms with Crippen LogP contribution in [0.4, 0.5) is 0 Å². The van der Waals surface area contributed by atoms with E-state index in [2.05, 4.69) is 15.8 Å². The normalized spacial score (nSPS) is 10.0. The average molecular weight is 375 g/mol. The summed E-state index contributed by atoms with van der Waals surface area (Å²) in [7, 11) is 0. The second-order valence-electron chi connectivity index (χ2n) is 5.85. The molecule has 2 amide bonds. The number of aromatic nitrogens is 1. The van der Waals surface area contributed by atoms with E-state index in [9.17, 15) is 14.4 Å². The Hall–Kier alpha value is -4.00. The number of carbonyl (C=O) groups is 3. The molecule has 0 aliphatic heterocycles. The Morgan fingerprint density at radius 2 is 1.32 bits per heavy atom. The molecule has 0 aliphatic rings. The lowest BCUT2D eigenvalue weighted by molar-refractivity contribution is 0.0846. The Kier molecular flexibility index (Phi) is 5.76. The molecule has 0 saturated carbocycles. The molecular formula is C21H17N3O4. The first-order chi connectivity index (χ1) is 13.5. The SMILES string of the molecule is CC(=O)c1cccc(C(=O)NNC(=O)c2ccc(Oc3ccncc3)cc2)c1. The van der Waals surface area contributed by atoms with Crippen LogP contribution in [0.2, 0.25) is 0 Å². The Morgan fingerprint density at radius 3 is 1.96 bits per heavy atom. The van der Waals surface area contributed by atoms with Gasteiger partial charge in [0.2, 0.25) is 0 Å². The van der Waals surface area contributed by atoms with Crippen molar-refractivity contribution in [1.29, 1.82) is 0 Å². The minimum atomic E-state index is -0.519. The van der Waals surface area contributed by atoms with Gasteiger partial charge in [0, 0.05) is 29.1 Å². The number of benzene rings is 2. The molecule has 0 saturated heterocycles. The van der Waals surface area contributed by atoms with Crippen LogP contribution in [0, 0.1) is 0 Å². The van der Waals surface area contributed by atoms with Gasteiger partial charge in [-0.2, -0.15) is 0 Å². The van der Waals surface area contributed by atoms with E-state index in [4.69, 9.17) is 4.74 Å². The van der Waals surface area contributed by atoms with Crippen molar-refractivity contribution in [3.05, 3.63) is 89.7 Å². The number of ether oxygens (including phenoxy) is 1. The average Bonchev–Trinajstić information content (AvgIpc) is 2.73. The van der Waals surface area contributed by atoms with Gasteiger partial charge in [0.05, 0.1) is 0 Å². The molecule has 28 heavy (non-hydrogen) atoms. The van der Waals surface area contributed by atoms with Crippen molar-refractivity contribution < 1.29 is 19.1 Å². The first-order valence-corrected chi connectivity index (χ1v) is 8.42. The first kappa shape index (κ1) is 18.8. The predicted octanol–water partition coefficient (Wildman–Crippen LogP) is 3.15. The van der Waals surface area contributed by atoms with Gasteiger partial charge in [-0.05, 0) is 55.5 Å². The second kappa shape index (κ2) is 8.59. The van der Waals surface area contributed by atoms with Crippen molar-refractivity contribution in [1.82, 2.24) is 15.8 Å². The van der Waals surface area contributed by atoms with Crippen molar-refractivity contribution >= 4 is 17.6 Å². The second-order valence-corrected chi connectivity index (χ2v) is 5.85. The van der Waals surface area contributed by atoms with Crippen molar-refractivity contribution in [2.24, 2.45) is 0 Å². The molecule has 3 rings (SSSR count). The van der Waals surface area contributed by atoms with E-state index in [1.54, 1.807) is 67.0 Å². The van der Waals surface area contributed by atoms with Crippen LogP contribution in [0.15, 0.2) is 73.1 Å². The number of ketones is 1. The summed E-state index contributed by atoms with van der Waals surface area (Å²) in [6.45, 7) is 1.42. The van der Waals surface area contributed by atoms with Crippen LogP contribution in [0.25, 0.3) is 0 Å². The number of nitrogens with zero attached hydrogens (tertiary/aromatic N) is 1. The Balaban J connectivity index is 1.58. The molecule has 1 aromatic heterocycles. The number of amides is 2. The molecule has 0 radical (unpaired) electrons. The fraction of sp³-hybridized carbons (Fsp3) is 0.0476. The lowest BCUT2D eigenvalue weighted by Crippen LogP contribution is -2.41. The molecule has 2 aromatic carbocycles. The number of carbonyl (C=O) groups excluding carboxylic acids is 3. The zero-order valence-electron chi connectivity index (χ0n) is 15.0. The van der Waals surface area contributed by atoms with Crippen molar-refractivity contribution in [3.63, 3.8) is 0 Å². The third-order valence-electron chi connectivity index (χ3n) is 3.82. The number of hydrogen-bond acceptors (Lipinski definition) is 5. The number of nitrogens with one attached hydrogen (secondary N) is 2. The smallest absolute Gasteiger partial charge is 0.269 e. The summed E-state index contributed by atoms with van der Waals surface area (Å²) >= 11 is 0. The number of Topliss-reactive ketones (excluding diaryl/α,β-unsaturated/α-hetero) is 1. The zero-order valence-corrected chi connectivity index (χ0v) is 15.0. The Morgan fingerprint density at radius 1 is 0.750 bits per heavy atom. The van der Waals surface area contributed by atoms with E-state index >= 15 is 0 Å². The highest BCUT2D eigenvalue weighted by molar-refractivity contribution is 6.01. The molecule has 1 heterocycles. The van der Waals surface area contributed by atoms with E-state index in [0.29, 0.717) is 22.6 Å². The molecule has 2 N–H and O–H groups in total. The highest BCUT2D eigenvalue weighted by Gasteiger charge is 2.11. The van der Waals surface area contributed by atoms with Crippen molar-refractivity contribution in [2.45, 2.75) is 6.92 Å². The van der Waals surface area contributed by atoms with Crippen LogP contribution in [0.5, 0.6) is 11.5 Å². The topological polar surface area (TPSA) is 97.4 Å². The maximum atomic E-state index is 12.2. The molecule has 3 aromatic rings. The fourth-order valence-corrected chi connectivity index (χ4v) is 2.35. The van der Waals surface area contributed by atoms with Gasteiger partial charge < -0.3 is 4.74 Å². The highest BCUT2D eigenvalue weighted by Crippen LogP contribution is 2.20. The first-order valence-electron chi connectivity index (χ1n) is 8.42. The Labute approximate surface area is 161 Å². The van der Waals surface area contributed by atoms with E-state index in [1.807, 2.05) is 0 Å². The maximum Gasteiger partial charge on any atom is 0.269 e. The quantitative estimate of drug-likeness (QED) is 0.527. The van der Waals surface area contributed by atoms with Crippen LogP contribution in [0.3, 0.4) is 0 Å². The lowest BCUT2D eigenvalue weighted by atomic mass is 10.1. The number of hydrogen-bond donors (Lipinski definition) is 2. The van der Waals surface area contributed by atoms with Gasteiger partial charge in [0.25, 0.3) is 11.8 Å². The number of rotatable bonds is 5. The summed E-state index contributed by atoms with van der Waals surface area (Å²) in [5.74, 6) is 0.0495. The zero-order chi connectivity index (χ0) is 19.9. The molecule has 7 heteroatoms. The minimum absolute atomic E-state index is 0.146. The molecule has 0 spiro atoms. The van der Waals surface area contributed by atoms with E-state index in [-0.39, 0.29) is 11.3 Å². The monoisotopic (exact) mass is 375 g/mol. The summed E-state index contributed by atoms with van der Waals surface area (Å²) in [6, 6.07) is 16.1. The van der Waals surface area contributed by atoms with Gasteiger partial charge in [-0.3, -0.25) is 30.2 Å². The highest BCUT2D eigenvalue weighted by atomic mass is 16.5. The van der Waals surface area contributed by atoms with Gasteiger partial charge in [0.15, 0.2) is 5.78 Å². The lowest BCUT2D eigenvalue weighted by Gasteiger charge is -2.09. The molecule has 0 fully saturated rings. The predicted molar refractivity (Wildman–Crippen MR) is 102 cm³/mol. The molecule has 0 unspecified atom stereocenters. The molecular weight excluding hydrogens is 358 g/mol. The summed E-state index contributed by atoms with van der Waals surface area (Å²) in [4.78, 5) is 39.7. The molecule has 7 nitrogen and oxygen atoms in total. The van der Waals surface area contributed by atoms with Crippen LogP contribution in [0.1, 0.15) is 38.0 Å². The van der Waals surface area contributed by atoms with Crippen LogP contribution in [-0.4, -0.2) is 22.6 Å². The van der Waals surface area contributed by atoms with E-state index in [1.165, 1.54) is 13.0 Å². The van der Waals surface area contributed by atoms with Crippen LogP contribution < -0.4 is 15.6 Å². The third-order valence-corrected chi connectivity index (χ3v) is 3.82. The summed E-state index contributed by atoms with van der Waals surface area (Å²) < 4.78 is 5.63. The van der Waals surface area contributed by atoms with Gasteiger partial charge in [-0.1, -0.05) is 12.1 Å².